The standard InChI is InChI=1S/C19H20N4OS/c1-13-10-17(14(2)23(13)16-8-9-16)18(24)11-25-19-20-12-22(21-19)15-6-4-3-5-7-15/h3-7,10,12,16H,8-9,11H2,1-2H3. The molecule has 0 bridgehead atoms. The fourth-order valence-corrected chi connectivity index (χ4v) is 3.86. The van der Waals surface area contributed by atoms with Crippen LogP contribution in [0.2, 0.25) is 0 Å². The third kappa shape index (κ3) is 3.26. The van der Waals surface area contributed by atoms with Gasteiger partial charge < -0.3 is 4.57 Å². The zero-order chi connectivity index (χ0) is 17.4. The minimum absolute atomic E-state index is 0.140. The molecule has 2 heterocycles. The predicted octanol–water partition coefficient (Wildman–Crippen LogP) is 4.00. The van der Waals surface area contributed by atoms with Crippen molar-refractivity contribution >= 4 is 17.5 Å². The van der Waals surface area contributed by atoms with Crippen LogP contribution in [0.1, 0.15) is 40.6 Å². The molecular weight excluding hydrogens is 332 g/mol. The molecule has 2 aromatic heterocycles. The zero-order valence-corrected chi connectivity index (χ0v) is 15.2. The number of benzene rings is 1. The smallest absolute Gasteiger partial charge is 0.209 e. The number of rotatable bonds is 6. The largest absolute Gasteiger partial charge is 0.345 e. The minimum Gasteiger partial charge on any atom is -0.345 e. The van der Waals surface area contributed by atoms with Crippen LogP contribution >= 0.6 is 11.8 Å². The summed E-state index contributed by atoms with van der Waals surface area (Å²) in [4.78, 5) is 16.9. The molecule has 128 valence electrons. The van der Waals surface area contributed by atoms with E-state index in [1.807, 2.05) is 43.3 Å². The minimum atomic E-state index is 0.140. The average molecular weight is 352 g/mol. The number of carbonyl (C=O) groups excluding carboxylic acids is 1. The molecule has 1 fully saturated rings. The molecule has 5 nitrogen and oxygen atoms in total. The van der Waals surface area contributed by atoms with Gasteiger partial charge in [-0.1, -0.05) is 30.0 Å². The summed E-state index contributed by atoms with van der Waals surface area (Å²) in [6.45, 7) is 4.13. The molecule has 0 radical (unpaired) electrons. The topological polar surface area (TPSA) is 52.7 Å². The van der Waals surface area contributed by atoms with Gasteiger partial charge in [-0.2, -0.15) is 0 Å². The molecule has 0 N–H and O–H groups in total. The molecule has 0 saturated heterocycles. The lowest BCUT2D eigenvalue weighted by Crippen LogP contribution is -2.06. The van der Waals surface area contributed by atoms with Gasteiger partial charge in [0, 0.05) is 23.0 Å². The van der Waals surface area contributed by atoms with E-state index in [2.05, 4.69) is 21.6 Å². The van der Waals surface area contributed by atoms with Gasteiger partial charge in [0.2, 0.25) is 5.16 Å². The van der Waals surface area contributed by atoms with Gasteiger partial charge >= 0.3 is 0 Å². The molecule has 0 atom stereocenters. The fraction of sp³-hybridized carbons (Fsp3) is 0.316. The molecule has 25 heavy (non-hydrogen) atoms. The van der Waals surface area contributed by atoms with Gasteiger partial charge in [-0.15, -0.1) is 5.10 Å². The lowest BCUT2D eigenvalue weighted by atomic mass is 10.2. The van der Waals surface area contributed by atoms with Crippen molar-refractivity contribution in [3.8, 4) is 5.69 Å². The highest BCUT2D eigenvalue weighted by Crippen LogP contribution is 2.38. The molecule has 0 aliphatic heterocycles. The van der Waals surface area contributed by atoms with Crippen LogP contribution in [0, 0.1) is 13.8 Å². The summed E-state index contributed by atoms with van der Waals surface area (Å²) < 4.78 is 4.03. The number of nitrogens with zero attached hydrogens (tertiary/aromatic N) is 4. The van der Waals surface area contributed by atoms with Crippen LogP contribution in [-0.2, 0) is 0 Å². The first kappa shape index (κ1) is 16.1. The van der Waals surface area contributed by atoms with Crippen molar-refractivity contribution in [2.45, 2.75) is 37.9 Å². The molecule has 1 aliphatic rings. The van der Waals surface area contributed by atoms with Gasteiger partial charge in [0.15, 0.2) is 5.78 Å². The molecule has 1 aliphatic carbocycles. The maximum atomic E-state index is 12.6. The Hall–Kier alpha value is -2.34. The summed E-state index contributed by atoms with van der Waals surface area (Å²) in [5, 5.41) is 5.06. The van der Waals surface area contributed by atoms with Gasteiger partial charge in [-0.05, 0) is 44.9 Å². The maximum absolute atomic E-state index is 12.6. The molecule has 0 amide bonds. The van der Waals surface area contributed by atoms with E-state index in [0.717, 1.165) is 16.9 Å². The number of aromatic nitrogens is 4. The number of para-hydroxylation sites is 1. The van der Waals surface area contributed by atoms with Gasteiger partial charge in [-0.25, -0.2) is 9.67 Å². The Morgan fingerprint density at radius 3 is 2.72 bits per heavy atom. The molecule has 0 spiro atoms. The number of hydrogen-bond donors (Lipinski definition) is 0. The summed E-state index contributed by atoms with van der Waals surface area (Å²) >= 11 is 1.38. The predicted molar refractivity (Wildman–Crippen MR) is 98.6 cm³/mol. The Morgan fingerprint density at radius 2 is 2.00 bits per heavy atom. The lowest BCUT2D eigenvalue weighted by Gasteiger charge is -2.07. The second-order valence-electron chi connectivity index (χ2n) is 6.41. The van der Waals surface area contributed by atoms with Crippen LogP contribution in [0.4, 0.5) is 0 Å². The van der Waals surface area contributed by atoms with Gasteiger partial charge in [0.1, 0.15) is 6.33 Å². The summed E-state index contributed by atoms with van der Waals surface area (Å²) in [5.41, 5.74) is 4.06. The maximum Gasteiger partial charge on any atom is 0.209 e. The Balaban J connectivity index is 1.44. The van der Waals surface area contributed by atoms with Crippen molar-refractivity contribution < 1.29 is 4.79 Å². The molecule has 4 rings (SSSR count). The van der Waals surface area contributed by atoms with Crippen molar-refractivity contribution in [1.82, 2.24) is 19.3 Å². The van der Waals surface area contributed by atoms with Crippen molar-refractivity contribution in [2.24, 2.45) is 0 Å². The monoisotopic (exact) mass is 352 g/mol. The van der Waals surface area contributed by atoms with E-state index < -0.39 is 0 Å². The molecule has 6 heteroatoms. The average Bonchev–Trinajstić information content (AvgIpc) is 3.25. The van der Waals surface area contributed by atoms with Gasteiger partial charge in [-0.3, -0.25) is 4.79 Å². The Morgan fingerprint density at radius 1 is 1.24 bits per heavy atom. The first-order chi connectivity index (χ1) is 12.1. The van der Waals surface area contributed by atoms with Crippen molar-refractivity contribution in [1.29, 1.82) is 0 Å². The highest BCUT2D eigenvalue weighted by Gasteiger charge is 2.28. The highest BCUT2D eigenvalue weighted by molar-refractivity contribution is 7.99. The Bertz CT molecular complexity index is 909. The second kappa shape index (κ2) is 6.52. The number of hydrogen-bond acceptors (Lipinski definition) is 4. The number of thioether (sulfide) groups is 1. The quantitative estimate of drug-likeness (QED) is 0.497. The van der Waals surface area contributed by atoms with Crippen LogP contribution in [0.3, 0.4) is 0 Å². The molecular formula is C19H20N4OS. The SMILES string of the molecule is Cc1cc(C(=O)CSc2ncn(-c3ccccc3)n2)c(C)n1C1CC1. The van der Waals surface area contributed by atoms with Crippen LogP contribution < -0.4 is 0 Å². The second-order valence-corrected chi connectivity index (χ2v) is 7.35. The molecule has 0 unspecified atom stereocenters. The van der Waals surface area contributed by atoms with Crippen molar-refractivity contribution in [2.75, 3.05) is 5.75 Å². The fourth-order valence-electron chi connectivity index (χ4n) is 3.18. The van der Waals surface area contributed by atoms with Crippen LogP contribution in [0.25, 0.3) is 5.69 Å². The Labute approximate surface area is 151 Å². The summed E-state index contributed by atoms with van der Waals surface area (Å²) in [6.07, 6.45) is 4.13. The van der Waals surface area contributed by atoms with Crippen LogP contribution in [-0.4, -0.2) is 30.9 Å². The van der Waals surface area contributed by atoms with Crippen molar-refractivity contribution in [3.63, 3.8) is 0 Å². The summed E-state index contributed by atoms with van der Waals surface area (Å²) in [7, 11) is 0. The van der Waals surface area contributed by atoms with E-state index in [-0.39, 0.29) is 5.78 Å². The van der Waals surface area contributed by atoms with Gasteiger partial charge in [0.05, 0.1) is 11.4 Å². The lowest BCUT2D eigenvalue weighted by molar-refractivity contribution is 0.102. The van der Waals surface area contributed by atoms with E-state index in [1.165, 1.54) is 30.3 Å². The number of carbonyl (C=O) groups is 1. The zero-order valence-electron chi connectivity index (χ0n) is 14.3. The molecule has 1 saturated carbocycles. The number of ketones is 1. The van der Waals surface area contributed by atoms with E-state index >= 15 is 0 Å². The molecule has 1 aromatic carbocycles. The van der Waals surface area contributed by atoms with Crippen LogP contribution in [0.15, 0.2) is 47.9 Å². The first-order valence-electron chi connectivity index (χ1n) is 8.45. The number of Topliss-reactive ketones (excluding diaryl/α,β-unsaturated/α-hetero) is 1. The van der Waals surface area contributed by atoms with E-state index in [9.17, 15) is 4.79 Å². The van der Waals surface area contributed by atoms with Crippen LogP contribution in [0.5, 0.6) is 0 Å². The highest BCUT2D eigenvalue weighted by atomic mass is 32.2. The van der Waals surface area contributed by atoms with Gasteiger partial charge in [0.25, 0.3) is 0 Å². The number of aryl methyl sites for hydroxylation is 1. The van der Waals surface area contributed by atoms with E-state index in [1.54, 1.807) is 11.0 Å². The van der Waals surface area contributed by atoms with E-state index in [0.29, 0.717) is 17.0 Å². The normalized spacial score (nSPS) is 14.0. The molecule has 3 aromatic rings. The summed E-state index contributed by atoms with van der Waals surface area (Å²) in [5.74, 6) is 0.495. The third-order valence-corrected chi connectivity index (χ3v) is 5.37. The van der Waals surface area contributed by atoms with E-state index in [4.69, 9.17) is 0 Å². The van der Waals surface area contributed by atoms with Crippen molar-refractivity contribution in [3.05, 3.63) is 59.7 Å². The first-order valence-corrected chi connectivity index (χ1v) is 9.43. The Kier molecular flexibility index (Phi) is 4.21. The summed E-state index contributed by atoms with van der Waals surface area (Å²) in [6, 6.07) is 12.4. The third-order valence-electron chi connectivity index (χ3n) is 4.52.